The third-order valence-electron chi connectivity index (χ3n) is 1.67. The Labute approximate surface area is 91.0 Å². The van der Waals surface area contributed by atoms with Crippen LogP contribution < -0.4 is 4.72 Å². The van der Waals surface area contributed by atoms with Crippen molar-refractivity contribution in [3.05, 3.63) is 0 Å². The molecule has 0 bridgehead atoms. The Morgan fingerprint density at radius 3 is 2.57 bits per heavy atom. The summed E-state index contributed by atoms with van der Waals surface area (Å²) in [5, 5.41) is -0.142. The van der Waals surface area contributed by atoms with E-state index in [1.54, 1.807) is 0 Å². The number of alkyl halides is 1. The summed E-state index contributed by atoms with van der Waals surface area (Å²) in [4.78, 5) is 0. The van der Waals surface area contributed by atoms with Crippen molar-refractivity contribution in [3.63, 3.8) is 0 Å². The van der Waals surface area contributed by atoms with Crippen LogP contribution in [0.1, 0.15) is 20.3 Å². The Morgan fingerprint density at radius 2 is 2.07 bits per heavy atom. The highest BCUT2D eigenvalue weighted by atomic mass is 35.5. The summed E-state index contributed by atoms with van der Waals surface area (Å²) >= 11 is 5.77. The lowest BCUT2D eigenvalue weighted by Gasteiger charge is -2.09. The van der Waals surface area contributed by atoms with E-state index in [2.05, 4.69) is 4.72 Å². The molecule has 6 heteroatoms. The normalized spacial score (nSPS) is 14.2. The number of ether oxygens (including phenoxy) is 1. The highest BCUT2D eigenvalue weighted by Crippen LogP contribution is 1.99. The first-order valence-corrected chi connectivity index (χ1v) is 6.79. The molecule has 0 aliphatic carbocycles. The van der Waals surface area contributed by atoms with Gasteiger partial charge in [-0.3, -0.25) is 0 Å². The van der Waals surface area contributed by atoms with Gasteiger partial charge in [0.05, 0.1) is 12.4 Å². The zero-order valence-corrected chi connectivity index (χ0v) is 10.2. The molecule has 0 spiro atoms. The van der Waals surface area contributed by atoms with Crippen LogP contribution in [0.3, 0.4) is 0 Å². The first-order valence-electron chi connectivity index (χ1n) is 4.71. The van der Waals surface area contributed by atoms with Gasteiger partial charge in [-0.1, -0.05) is 6.92 Å². The van der Waals surface area contributed by atoms with Crippen LogP contribution in [0.4, 0.5) is 0 Å². The third-order valence-corrected chi connectivity index (χ3v) is 3.44. The molecule has 0 aromatic heterocycles. The molecule has 0 radical (unpaired) electrons. The number of sulfonamides is 1. The maximum Gasteiger partial charge on any atom is 0.213 e. The fraction of sp³-hybridized carbons (Fsp3) is 1.00. The van der Waals surface area contributed by atoms with Crippen molar-refractivity contribution in [1.29, 1.82) is 0 Å². The number of nitrogens with one attached hydrogen (secondary N) is 1. The Morgan fingerprint density at radius 1 is 1.43 bits per heavy atom. The molecule has 0 amide bonds. The van der Waals surface area contributed by atoms with E-state index in [1.165, 1.54) is 0 Å². The van der Waals surface area contributed by atoms with Gasteiger partial charge in [0.2, 0.25) is 10.0 Å². The van der Waals surface area contributed by atoms with E-state index in [1.807, 2.05) is 13.8 Å². The fourth-order valence-electron chi connectivity index (χ4n) is 0.747. The highest BCUT2D eigenvalue weighted by Gasteiger charge is 2.11. The Kier molecular flexibility index (Phi) is 7.54. The number of hydrogen-bond donors (Lipinski definition) is 1. The highest BCUT2D eigenvalue weighted by molar-refractivity contribution is 7.89. The molecule has 0 aliphatic rings. The maximum absolute atomic E-state index is 11.3. The summed E-state index contributed by atoms with van der Waals surface area (Å²) in [6.07, 6.45) is 0.746. The molecule has 0 heterocycles. The number of halogens is 1. The van der Waals surface area contributed by atoms with E-state index < -0.39 is 10.0 Å². The predicted octanol–water partition coefficient (Wildman–Crippen LogP) is 0.960. The molecule has 0 saturated carbocycles. The second kappa shape index (κ2) is 7.45. The van der Waals surface area contributed by atoms with Crippen molar-refractivity contribution in [1.82, 2.24) is 4.72 Å². The van der Waals surface area contributed by atoms with Crippen LogP contribution in [-0.4, -0.2) is 39.3 Å². The predicted molar refractivity (Wildman–Crippen MR) is 58.2 cm³/mol. The average Bonchev–Trinajstić information content (AvgIpc) is 2.14. The second-order valence-electron chi connectivity index (χ2n) is 2.87. The standard InChI is InChI=1S/C8H18ClNO3S/c1-3-8(9)7-10-14(11,12)6-5-13-4-2/h8,10H,3-7H2,1-2H3. The first kappa shape index (κ1) is 14.2. The van der Waals surface area contributed by atoms with Crippen molar-refractivity contribution >= 4 is 21.6 Å². The molecule has 1 N–H and O–H groups in total. The molecule has 0 fully saturated rings. The van der Waals surface area contributed by atoms with Crippen molar-refractivity contribution in [3.8, 4) is 0 Å². The lowest BCUT2D eigenvalue weighted by atomic mass is 10.3. The lowest BCUT2D eigenvalue weighted by molar-refractivity contribution is 0.163. The van der Waals surface area contributed by atoms with Gasteiger partial charge in [0.1, 0.15) is 0 Å². The molecule has 0 rings (SSSR count). The van der Waals surface area contributed by atoms with Crippen LogP contribution in [0, 0.1) is 0 Å². The summed E-state index contributed by atoms with van der Waals surface area (Å²) < 4.78 is 29.9. The molecular formula is C8H18ClNO3S. The number of rotatable bonds is 8. The van der Waals surface area contributed by atoms with Gasteiger partial charge in [-0.15, -0.1) is 11.6 Å². The van der Waals surface area contributed by atoms with Gasteiger partial charge in [0.25, 0.3) is 0 Å². The first-order chi connectivity index (χ1) is 6.52. The van der Waals surface area contributed by atoms with E-state index in [0.717, 1.165) is 6.42 Å². The maximum atomic E-state index is 11.3. The minimum absolute atomic E-state index is 0.00579. The Bertz CT molecular complexity index is 231. The molecule has 1 atom stereocenters. The van der Waals surface area contributed by atoms with Gasteiger partial charge in [0.15, 0.2) is 0 Å². The van der Waals surface area contributed by atoms with Crippen LogP contribution in [0.25, 0.3) is 0 Å². The SMILES string of the molecule is CCOCCS(=O)(=O)NCC(Cl)CC. The smallest absolute Gasteiger partial charge is 0.213 e. The molecule has 86 valence electrons. The molecule has 0 aliphatic heterocycles. The van der Waals surface area contributed by atoms with Gasteiger partial charge < -0.3 is 4.74 Å². The van der Waals surface area contributed by atoms with Crippen molar-refractivity contribution in [2.75, 3.05) is 25.5 Å². The van der Waals surface area contributed by atoms with E-state index in [0.29, 0.717) is 6.61 Å². The monoisotopic (exact) mass is 243 g/mol. The van der Waals surface area contributed by atoms with Crippen molar-refractivity contribution in [2.24, 2.45) is 0 Å². The molecule has 1 unspecified atom stereocenters. The second-order valence-corrected chi connectivity index (χ2v) is 5.41. The lowest BCUT2D eigenvalue weighted by Crippen LogP contribution is -2.32. The molecule has 14 heavy (non-hydrogen) atoms. The van der Waals surface area contributed by atoms with Gasteiger partial charge in [-0.25, -0.2) is 13.1 Å². The van der Waals surface area contributed by atoms with E-state index >= 15 is 0 Å². The van der Waals surface area contributed by atoms with Gasteiger partial charge in [-0.05, 0) is 13.3 Å². The van der Waals surface area contributed by atoms with Crippen LogP contribution in [0.5, 0.6) is 0 Å². The topological polar surface area (TPSA) is 55.4 Å². The van der Waals surface area contributed by atoms with E-state index in [4.69, 9.17) is 16.3 Å². The summed E-state index contributed by atoms with van der Waals surface area (Å²) in [7, 11) is -3.22. The largest absolute Gasteiger partial charge is 0.381 e. The van der Waals surface area contributed by atoms with Crippen LogP contribution in [-0.2, 0) is 14.8 Å². The summed E-state index contributed by atoms with van der Waals surface area (Å²) in [6, 6.07) is 0. The molecule has 0 aromatic carbocycles. The minimum atomic E-state index is -3.22. The average molecular weight is 244 g/mol. The molecule has 0 saturated heterocycles. The molecule has 4 nitrogen and oxygen atoms in total. The summed E-state index contributed by atoms with van der Waals surface area (Å²) in [6.45, 7) is 4.78. The van der Waals surface area contributed by atoms with Gasteiger partial charge in [0, 0.05) is 18.5 Å². The quantitative estimate of drug-likeness (QED) is 0.510. The minimum Gasteiger partial charge on any atom is -0.381 e. The number of hydrogen-bond acceptors (Lipinski definition) is 3. The zero-order valence-electron chi connectivity index (χ0n) is 8.62. The molecular weight excluding hydrogens is 226 g/mol. The van der Waals surface area contributed by atoms with Crippen LogP contribution in [0.2, 0.25) is 0 Å². The van der Waals surface area contributed by atoms with Crippen LogP contribution in [0.15, 0.2) is 0 Å². The summed E-state index contributed by atoms with van der Waals surface area (Å²) in [5.41, 5.74) is 0. The fourth-order valence-corrected chi connectivity index (χ4v) is 1.85. The van der Waals surface area contributed by atoms with Gasteiger partial charge >= 0.3 is 0 Å². The molecule has 0 aromatic rings. The van der Waals surface area contributed by atoms with E-state index in [9.17, 15) is 8.42 Å². The zero-order chi connectivity index (χ0) is 11.0. The van der Waals surface area contributed by atoms with Gasteiger partial charge in [-0.2, -0.15) is 0 Å². The Hall–Kier alpha value is 0.160. The Balaban J connectivity index is 3.73. The third kappa shape index (κ3) is 7.55. The summed E-state index contributed by atoms with van der Waals surface area (Å²) in [5.74, 6) is -0.00579. The van der Waals surface area contributed by atoms with Crippen LogP contribution >= 0.6 is 11.6 Å². The van der Waals surface area contributed by atoms with Crippen molar-refractivity contribution < 1.29 is 13.2 Å². The van der Waals surface area contributed by atoms with Crippen molar-refractivity contribution in [2.45, 2.75) is 25.6 Å². The van der Waals surface area contributed by atoms with E-state index in [-0.39, 0.29) is 24.3 Å².